The van der Waals surface area contributed by atoms with Gasteiger partial charge < -0.3 is 0 Å². The summed E-state index contributed by atoms with van der Waals surface area (Å²) in [7, 11) is 3.08. The Morgan fingerprint density at radius 2 is 2.05 bits per heavy atom. The second kappa shape index (κ2) is 5.95. The fourth-order valence-corrected chi connectivity index (χ4v) is 2.30. The molecular weight excluding hydrogens is 260 g/mol. The molecule has 0 aliphatic heterocycles. The van der Waals surface area contributed by atoms with E-state index < -0.39 is 0 Å². The van der Waals surface area contributed by atoms with Gasteiger partial charge in [0.2, 0.25) is 5.91 Å². The van der Waals surface area contributed by atoms with E-state index in [0.29, 0.717) is 6.42 Å². The molecule has 0 N–H and O–H groups in total. The van der Waals surface area contributed by atoms with Crippen molar-refractivity contribution >= 4 is 17.2 Å². The second-order valence-corrected chi connectivity index (χ2v) is 5.26. The van der Waals surface area contributed by atoms with Gasteiger partial charge >= 0.3 is 0 Å². The van der Waals surface area contributed by atoms with Crippen LogP contribution in [0, 0.1) is 6.92 Å². The lowest BCUT2D eigenvalue weighted by Gasteiger charge is -2.13. The Balaban J connectivity index is 2.08. The zero-order valence-corrected chi connectivity index (χ0v) is 12.0. The summed E-state index contributed by atoms with van der Waals surface area (Å²) < 4.78 is 0. The van der Waals surface area contributed by atoms with Gasteiger partial charge in [0, 0.05) is 18.0 Å². The topological polar surface area (TPSA) is 42.4 Å². The molecule has 100 valence electrons. The molecule has 5 heteroatoms. The molecule has 0 saturated carbocycles. The minimum absolute atomic E-state index is 0.0697. The number of rotatable bonds is 4. The predicted molar refractivity (Wildman–Crippen MR) is 75.8 cm³/mol. The number of hydrogen-bond donors (Lipinski definition) is 0. The highest BCUT2D eigenvalue weighted by Gasteiger charge is 2.09. The van der Waals surface area contributed by atoms with Gasteiger partial charge in [0.1, 0.15) is 0 Å². The van der Waals surface area contributed by atoms with E-state index in [2.05, 4.69) is 4.98 Å². The number of benzene rings is 1. The maximum absolute atomic E-state index is 11.7. The van der Waals surface area contributed by atoms with Crippen molar-refractivity contribution in [2.75, 3.05) is 14.2 Å². The van der Waals surface area contributed by atoms with Gasteiger partial charge in [-0.3, -0.25) is 9.63 Å². The summed E-state index contributed by atoms with van der Waals surface area (Å²) in [5.74, 6) is -0.0697. The number of amides is 1. The van der Waals surface area contributed by atoms with Crippen LogP contribution in [0.3, 0.4) is 0 Å². The van der Waals surface area contributed by atoms with E-state index in [4.69, 9.17) is 4.84 Å². The zero-order valence-electron chi connectivity index (χ0n) is 11.2. The number of hydroxylamine groups is 2. The molecule has 0 atom stereocenters. The van der Waals surface area contributed by atoms with Crippen molar-refractivity contribution in [2.45, 2.75) is 13.3 Å². The van der Waals surface area contributed by atoms with Gasteiger partial charge in [-0.2, -0.15) is 0 Å². The van der Waals surface area contributed by atoms with E-state index >= 15 is 0 Å². The summed E-state index contributed by atoms with van der Waals surface area (Å²) in [6.07, 6.45) is 0.334. The highest BCUT2D eigenvalue weighted by atomic mass is 32.1. The molecule has 1 amide bonds. The Labute approximate surface area is 116 Å². The molecule has 1 aromatic heterocycles. The van der Waals surface area contributed by atoms with Crippen molar-refractivity contribution in [1.29, 1.82) is 0 Å². The molecule has 1 aromatic carbocycles. The molecule has 0 bridgehead atoms. The van der Waals surface area contributed by atoms with E-state index in [0.717, 1.165) is 21.8 Å². The minimum atomic E-state index is -0.0697. The van der Waals surface area contributed by atoms with Crippen molar-refractivity contribution in [1.82, 2.24) is 10.0 Å². The summed E-state index contributed by atoms with van der Waals surface area (Å²) in [6, 6.07) is 7.88. The third-order valence-electron chi connectivity index (χ3n) is 2.85. The molecule has 4 nitrogen and oxygen atoms in total. The van der Waals surface area contributed by atoms with Gasteiger partial charge in [0.05, 0.1) is 24.2 Å². The fourth-order valence-electron chi connectivity index (χ4n) is 1.68. The molecule has 0 saturated heterocycles. The van der Waals surface area contributed by atoms with E-state index in [9.17, 15) is 4.79 Å². The maximum Gasteiger partial charge on any atom is 0.250 e. The largest absolute Gasteiger partial charge is 0.275 e. The molecule has 0 fully saturated rings. The highest BCUT2D eigenvalue weighted by molar-refractivity contribution is 7.09. The molecular formula is C14H16N2O2S. The van der Waals surface area contributed by atoms with Crippen LogP contribution in [0.15, 0.2) is 29.6 Å². The summed E-state index contributed by atoms with van der Waals surface area (Å²) in [6.45, 7) is 1.99. The van der Waals surface area contributed by atoms with Gasteiger partial charge in [-0.05, 0) is 12.5 Å². The number of carbonyl (C=O) groups is 1. The third-order valence-corrected chi connectivity index (χ3v) is 3.62. The van der Waals surface area contributed by atoms with Crippen LogP contribution in [0.1, 0.15) is 10.6 Å². The van der Waals surface area contributed by atoms with Crippen molar-refractivity contribution in [3.63, 3.8) is 0 Å². The van der Waals surface area contributed by atoms with Gasteiger partial charge in [-0.25, -0.2) is 10.0 Å². The van der Waals surface area contributed by atoms with E-state index in [1.54, 1.807) is 18.4 Å². The number of aryl methyl sites for hydroxylation is 1. The Morgan fingerprint density at radius 3 is 2.58 bits per heavy atom. The number of likely N-dealkylation sites (N-methyl/N-ethyl adjacent to an activating group) is 1. The lowest BCUT2D eigenvalue weighted by molar-refractivity contribution is -0.167. The smallest absolute Gasteiger partial charge is 0.250 e. The highest BCUT2D eigenvalue weighted by Crippen LogP contribution is 2.21. The average Bonchev–Trinajstić information content (AvgIpc) is 2.85. The van der Waals surface area contributed by atoms with Gasteiger partial charge in [-0.15, -0.1) is 11.3 Å². The third kappa shape index (κ3) is 3.39. The Bertz CT molecular complexity index is 563. The summed E-state index contributed by atoms with van der Waals surface area (Å²) in [5, 5.41) is 4.32. The normalized spacial score (nSPS) is 10.5. The lowest BCUT2D eigenvalue weighted by Crippen LogP contribution is -2.26. The van der Waals surface area contributed by atoms with Gasteiger partial charge in [0.15, 0.2) is 0 Å². The van der Waals surface area contributed by atoms with Crippen LogP contribution in [0.5, 0.6) is 0 Å². The first-order valence-electron chi connectivity index (χ1n) is 5.92. The first-order valence-corrected chi connectivity index (χ1v) is 6.80. The van der Waals surface area contributed by atoms with Crippen molar-refractivity contribution in [3.05, 3.63) is 40.2 Å². The van der Waals surface area contributed by atoms with E-state index in [1.165, 1.54) is 12.2 Å². The Hall–Kier alpha value is -1.72. The summed E-state index contributed by atoms with van der Waals surface area (Å²) in [5.41, 5.74) is 3.01. The van der Waals surface area contributed by atoms with Crippen LogP contribution < -0.4 is 0 Å². The lowest BCUT2D eigenvalue weighted by atomic mass is 10.1. The minimum Gasteiger partial charge on any atom is -0.275 e. The fraction of sp³-hybridized carbons (Fsp3) is 0.286. The summed E-state index contributed by atoms with van der Waals surface area (Å²) >= 11 is 1.63. The number of nitrogens with zero attached hydrogens (tertiary/aromatic N) is 2. The van der Waals surface area contributed by atoms with Crippen LogP contribution in [-0.2, 0) is 16.1 Å². The molecule has 0 radical (unpaired) electrons. The van der Waals surface area contributed by atoms with Gasteiger partial charge in [0.25, 0.3) is 0 Å². The van der Waals surface area contributed by atoms with Crippen molar-refractivity contribution in [2.24, 2.45) is 0 Å². The number of aromatic nitrogens is 1. The van der Waals surface area contributed by atoms with Crippen LogP contribution in [0.25, 0.3) is 11.3 Å². The van der Waals surface area contributed by atoms with Crippen molar-refractivity contribution in [3.8, 4) is 11.3 Å². The first kappa shape index (κ1) is 13.7. The van der Waals surface area contributed by atoms with E-state index in [1.807, 2.05) is 36.6 Å². The SMILES string of the molecule is CON(C)C(=O)Cc1ccc(-c2csc(C)n2)cc1. The Morgan fingerprint density at radius 1 is 1.37 bits per heavy atom. The zero-order chi connectivity index (χ0) is 13.8. The number of hydrogen-bond acceptors (Lipinski definition) is 4. The molecule has 2 rings (SSSR count). The van der Waals surface area contributed by atoms with Crippen LogP contribution in [0.2, 0.25) is 0 Å². The van der Waals surface area contributed by atoms with Crippen LogP contribution in [-0.4, -0.2) is 30.1 Å². The van der Waals surface area contributed by atoms with Crippen LogP contribution in [0.4, 0.5) is 0 Å². The molecule has 19 heavy (non-hydrogen) atoms. The predicted octanol–water partition coefficient (Wildman–Crippen LogP) is 2.68. The number of thiazole rings is 1. The quantitative estimate of drug-likeness (QED) is 0.806. The van der Waals surface area contributed by atoms with Crippen molar-refractivity contribution < 1.29 is 9.63 Å². The molecule has 0 aliphatic carbocycles. The first-order chi connectivity index (χ1) is 9.10. The van der Waals surface area contributed by atoms with Crippen LogP contribution >= 0.6 is 11.3 Å². The van der Waals surface area contributed by atoms with E-state index in [-0.39, 0.29) is 5.91 Å². The molecule has 0 aliphatic rings. The Kier molecular flexibility index (Phi) is 4.29. The molecule has 1 heterocycles. The molecule has 0 unspecified atom stereocenters. The van der Waals surface area contributed by atoms with Gasteiger partial charge in [-0.1, -0.05) is 24.3 Å². The maximum atomic E-state index is 11.7. The molecule has 2 aromatic rings. The summed E-state index contributed by atoms with van der Waals surface area (Å²) in [4.78, 5) is 21.0. The number of carbonyl (C=O) groups excluding carboxylic acids is 1. The average molecular weight is 276 g/mol. The standard InChI is InChI=1S/C14H16N2O2S/c1-10-15-13(9-19-10)12-6-4-11(5-7-12)8-14(17)16(2)18-3/h4-7,9H,8H2,1-3H3. The molecule has 0 spiro atoms. The monoisotopic (exact) mass is 276 g/mol. The second-order valence-electron chi connectivity index (χ2n) is 4.20.